The van der Waals surface area contributed by atoms with E-state index < -0.39 is 12.2 Å². The largest absolute Gasteiger partial charge is 0.453 e. The topological polar surface area (TPSA) is 85.7 Å². The molecule has 0 saturated carbocycles. The van der Waals surface area contributed by atoms with Crippen LogP contribution in [0, 0.1) is 0 Å². The average molecular weight is 278 g/mol. The number of amides is 2. The number of carbonyl (C=O) groups is 2. The van der Waals surface area contributed by atoms with E-state index >= 15 is 0 Å². The van der Waals surface area contributed by atoms with Crippen molar-refractivity contribution in [2.75, 3.05) is 26.5 Å². The van der Waals surface area contributed by atoms with Gasteiger partial charge in [-0.15, -0.1) is 0 Å². The van der Waals surface area contributed by atoms with Crippen molar-refractivity contribution in [3.63, 3.8) is 0 Å². The maximum absolute atomic E-state index is 11.5. The van der Waals surface area contributed by atoms with E-state index in [4.69, 9.17) is 4.84 Å². The first-order valence-corrected chi connectivity index (χ1v) is 5.73. The maximum Gasteiger partial charge on any atom is 0.434 e. The molecule has 0 aliphatic carbocycles. The van der Waals surface area contributed by atoms with Crippen LogP contribution in [0.3, 0.4) is 0 Å². The van der Waals surface area contributed by atoms with E-state index in [0.29, 0.717) is 16.7 Å². The van der Waals surface area contributed by atoms with Gasteiger partial charge >= 0.3 is 12.2 Å². The summed E-state index contributed by atoms with van der Waals surface area (Å²) in [6.07, 6.45) is 0.303. The Morgan fingerprint density at radius 3 is 2.75 bits per heavy atom. The van der Waals surface area contributed by atoms with Crippen molar-refractivity contribution in [3.05, 3.63) is 24.5 Å². The second kappa shape index (κ2) is 5.47. The number of carbonyl (C=O) groups excluding carboxylic acids is 2. The van der Waals surface area contributed by atoms with Crippen LogP contribution in [-0.2, 0) is 4.74 Å². The average Bonchev–Trinajstić information content (AvgIpc) is 2.81. The lowest BCUT2D eigenvalue weighted by Crippen LogP contribution is -2.30. The van der Waals surface area contributed by atoms with Gasteiger partial charge in [0.25, 0.3) is 0 Å². The highest BCUT2D eigenvalue weighted by atomic mass is 16.7. The van der Waals surface area contributed by atoms with Crippen LogP contribution in [0.2, 0.25) is 0 Å². The summed E-state index contributed by atoms with van der Waals surface area (Å²) in [5, 5.41) is 2.53. The molecule has 0 bridgehead atoms. The highest BCUT2D eigenvalue weighted by Gasteiger charge is 2.11. The quantitative estimate of drug-likeness (QED) is 0.895. The Morgan fingerprint density at radius 2 is 2.10 bits per heavy atom. The molecule has 20 heavy (non-hydrogen) atoms. The third-order valence-corrected chi connectivity index (χ3v) is 2.49. The molecule has 106 valence electrons. The molecule has 0 saturated heterocycles. The predicted molar refractivity (Wildman–Crippen MR) is 71.4 cm³/mol. The molecule has 1 aromatic carbocycles. The van der Waals surface area contributed by atoms with Crippen LogP contribution in [0.5, 0.6) is 0 Å². The molecule has 2 amide bonds. The van der Waals surface area contributed by atoms with E-state index in [-0.39, 0.29) is 0 Å². The molecule has 1 aromatic heterocycles. The van der Waals surface area contributed by atoms with Crippen LogP contribution in [0.1, 0.15) is 0 Å². The Morgan fingerprint density at radius 1 is 1.35 bits per heavy atom. The second-order valence-electron chi connectivity index (χ2n) is 4.14. The Kier molecular flexibility index (Phi) is 3.74. The summed E-state index contributed by atoms with van der Waals surface area (Å²) in [6, 6.07) is 4.98. The number of nitrogens with one attached hydrogen (secondary N) is 1. The molecule has 2 rings (SSSR count). The van der Waals surface area contributed by atoms with Crippen LogP contribution in [0.4, 0.5) is 15.3 Å². The molecule has 2 aromatic rings. The summed E-state index contributed by atoms with van der Waals surface area (Å²) in [5.41, 5.74) is 1.72. The number of ether oxygens (including phenoxy) is 1. The summed E-state index contributed by atoms with van der Waals surface area (Å²) in [6.45, 7) is 0. The predicted octanol–water partition coefficient (Wildman–Crippen LogP) is 1.32. The first-order chi connectivity index (χ1) is 9.51. The number of aromatic nitrogens is 2. The Balaban J connectivity index is 2.24. The van der Waals surface area contributed by atoms with E-state index in [1.165, 1.54) is 23.1 Å². The summed E-state index contributed by atoms with van der Waals surface area (Å²) >= 11 is 0. The first-order valence-electron chi connectivity index (χ1n) is 5.73. The molecule has 1 N–H and O–H groups in total. The monoisotopic (exact) mass is 278 g/mol. The van der Waals surface area contributed by atoms with Crippen molar-refractivity contribution in [3.8, 4) is 0 Å². The van der Waals surface area contributed by atoms with E-state index in [9.17, 15) is 9.59 Å². The van der Waals surface area contributed by atoms with Crippen LogP contribution < -0.4 is 10.2 Å². The molecule has 0 spiro atoms. The number of benzene rings is 1. The smallest absolute Gasteiger partial charge is 0.434 e. The molecule has 8 nitrogen and oxygen atoms in total. The zero-order chi connectivity index (χ0) is 14.7. The van der Waals surface area contributed by atoms with E-state index in [1.54, 1.807) is 32.3 Å². The van der Waals surface area contributed by atoms with Crippen molar-refractivity contribution in [1.29, 1.82) is 0 Å². The lowest BCUT2D eigenvalue weighted by atomic mass is 10.3. The molecule has 8 heteroatoms. The van der Waals surface area contributed by atoms with Gasteiger partial charge in [-0.2, -0.15) is 4.73 Å². The summed E-state index contributed by atoms with van der Waals surface area (Å²) < 4.78 is 5.76. The van der Waals surface area contributed by atoms with Crippen molar-refractivity contribution in [2.45, 2.75) is 0 Å². The molecule has 0 atom stereocenters. The molecule has 0 radical (unpaired) electrons. The number of hydrogen-bond acceptors (Lipinski definition) is 5. The lowest BCUT2D eigenvalue weighted by Gasteiger charge is -2.10. The van der Waals surface area contributed by atoms with Gasteiger partial charge in [0.05, 0.1) is 12.6 Å². The van der Waals surface area contributed by atoms with Gasteiger partial charge in [-0.1, -0.05) is 0 Å². The number of rotatable bonds is 2. The fourth-order valence-corrected chi connectivity index (χ4v) is 1.48. The fraction of sp³-hybridized carbons (Fsp3) is 0.250. The Hall–Kier alpha value is -2.77. The van der Waals surface area contributed by atoms with Crippen LogP contribution in [0.25, 0.3) is 11.0 Å². The Bertz CT molecular complexity index is 650. The normalized spacial score (nSPS) is 10.2. The lowest BCUT2D eigenvalue weighted by molar-refractivity contribution is 0.111. The van der Waals surface area contributed by atoms with Crippen molar-refractivity contribution in [1.82, 2.24) is 14.6 Å². The number of imidazole rings is 1. The van der Waals surface area contributed by atoms with Gasteiger partial charge in [-0.3, -0.25) is 5.32 Å². The minimum absolute atomic E-state index is 0.513. The third-order valence-electron chi connectivity index (χ3n) is 2.49. The third kappa shape index (κ3) is 2.79. The molecular formula is C12H14N4O4. The summed E-state index contributed by atoms with van der Waals surface area (Å²) in [5.74, 6) is 0. The van der Waals surface area contributed by atoms with Crippen molar-refractivity contribution in [2.24, 2.45) is 0 Å². The molecular weight excluding hydrogens is 264 g/mol. The van der Waals surface area contributed by atoms with E-state index in [2.05, 4.69) is 15.0 Å². The summed E-state index contributed by atoms with van der Waals surface area (Å²) in [4.78, 5) is 33.1. The van der Waals surface area contributed by atoms with Crippen LogP contribution in [-0.4, -0.2) is 48.0 Å². The maximum atomic E-state index is 11.5. The van der Waals surface area contributed by atoms with E-state index in [1.807, 2.05) is 0 Å². The number of anilines is 1. The van der Waals surface area contributed by atoms with Gasteiger partial charge in [-0.25, -0.2) is 14.6 Å². The number of methoxy groups -OCH3 is 1. The van der Waals surface area contributed by atoms with Gasteiger partial charge < -0.3 is 14.5 Å². The first kappa shape index (κ1) is 13.7. The van der Waals surface area contributed by atoms with Gasteiger partial charge in [0.1, 0.15) is 11.8 Å². The molecule has 0 fully saturated rings. The van der Waals surface area contributed by atoms with E-state index in [0.717, 1.165) is 0 Å². The summed E-state index contributed by atoms with van der Waals surface area (Å²) in [7, 11) is 4.45. The number of fused-ring (bicyclic) bond motifs is 1. The van der Waals surface area contributed by atoms with Gasteiger partial charge in [-0.05, 0) is 18.2 Å². The van der Waals surface area contributed by atoms with Crippen LogP contribution in [0.15, 0.2) is 24.5 Å². The number of nitrogens with zero attached hydrogens (tertiary/aromatic N) is 3. The highest BCUT2D eigenvalue weighted by molar-refractivity contribution is 5.88. The molecule has 1 heterocycles. The van der Waals surface area contributed by atoms with Gasteiger partial charge in [0, 0.05) is 19.8 Å². The van der Waals surface area contributed by atoms with Crippen molar-refractivity contribution < 1.29 is 19.2 Å². The standard InChI is InChI=1S/C12H14N4O4/c1-15(2)12(18)20-16-7-13-9-6-8(4-5-10(9)16)14-11(17)19-3/h4-7H,1-3H3,(H,14,17). The van der Waals surface area contributed by atoms with Gasteiger partial charge in [0.2, 0.25) is 0 Å². The highest BCUT2D eigenvalue weighted by Crippen LogP contribution is 2.17. The fourth-order valence-electron chi connectivity index (χ4n) is 1.48. The SMILES string of the molecule is COC(=O)Nc1ccc2c(c1)ncn2OC(=O)N(C)C. The zero-order valence-electron chi connectivity index (χ0n) is 11.3. The van der Waals surface area contributed by atoms with Gasteiger partial charge in [0.15, 0.2) is 0 Å². The zero-order valence-corrected chi connectivity index (χ0v) is 11.3. The second-order valence-corrected chi connectivity index (χ2v) is 4.14. The molecule has 0 unspecified atom stereocenters. The Labute approximate surface area is 114 Å². The van der Waals surface area contributed by atoms with Crippen molar-refractivity contribution >= 4 is 28.9 Å². The van der Waals surface area contributed by atoms with Crippen LogP contribution >= 0.6 is 0 Å². The number of hydrogen-bond donors (Lipinski definition) is 1. The minimum Gasteiger partial charge on any atom is -0.453 e. The molecule has 0 aliphatic heterocycles. The minimum atomic E-state index is -0.567. The molecule has 0 aliphatic rings.